The van der Waals surface area contributed by atoms with Crippen LogP contribution in [0.15, 0.2) is 27.7 Å². The first-order valence-electron chi connectivity index (χ1n) is 7.06. The lowest BCUT2D eigenvalue weighted by molar-refractivity contribution is 0.611. The number of aliphatic imine (C=N–C) groups is 1. The second-order valence-corrected chi connectivity index (χ2v) is 7.17. The Morgan fingerprint density at radius 1 is 1.45 bits per heavy atom. The highest BCUT2D eigenvalue weighted by molar-refractivity contribution is 14.0. The summed E-state index contributed by atoms with van der Waals surface area (Å²) in [4.78, 5) is 4.25. The lowest BCUT2D eigenvalue weighted by Gasteiger charge is -2.17. The molecule has 1 fully saturated rings. The molecule has 0 saturated heterocycles. The lowest BCUT2D eigenvalue weighted by atomic mass is 10.2. The molecule has 1 aromatic carbocycles. The van der Waals surface area contributed by atoms with Gasteiger partial charge in [-0.15, -0.1) is 24.0 Å². The predicted octanol–water partition coefficient (Wildman–Crippen LogP) is 4.16. The molecule has 0 amide bonds. The number of hydrogen-bond acceptors (Lipinski definition) is 2. The molecule has 1 aliphatic carbocycles. The molecule has 124 valence electrons. The number of thioether (sulfide) groups is 1. The summed E-state index contributed by atoms with van der Waals surface area (Å²) in [7, 11) is 1.76. The van der Waals surface area contributed by atoms with Crippen LogP contribution in [-0.4, -0.2) is 30.6 Å². The molecule has 0 aliphatic heterocycles. The molecule has 0 spiro atoms. The third kappa shape index (κ3) is 5.88. The van der Waals surface area contributed by atoms with E-state index in [4.69, 9.17) is 0 Å². The first-order chi connectivity index (χ1) is 10.1. The minimum absolute atomic E-state index is 0. The van der Waals surface area contributed by atoms with Crippen LogP contribution >= 0.6 is 51.7 Å². The normalized spacial score (nSPS) is 21.4. The molecular weight excluding hydrogens is 480 g/mol. The van der Waals surface area contributed by atoms with Gasteiger partial charge in [0.2, 0.25) is 0 Å². The Morgan fingerprint density at radius 3 is 2.86 bits per heavy atom. The molecule has 1 aromatic rings. The van der Waals surface area contributed by atoms with Gasteiger partial charge in [-0.3, -0.25) is 4.99 Å². The Labute approximate surface area is 161 Å². The van der Waals surface area contributed by atoms with E-state index in [1.165, 1.54) is 31.4 Å². The number of guanidine groups is 1. The van der Waals surface area contributed by atoms with E-state index in [-0.39, 0.29) is 29.8 Å². The predicted molar refractivity (Wildman–Crippen MR) is 108 cm³/mol. The van der Waals surface area contributed by atoms with Crippen LogP contribution in [0.25, 0.3) is 0 Å². The van der Waals surface area contributed by atoms with Crippen molar-refractivity contribution in [3.8, 4) is 0 Å². The fourth-order valence-corrected chi connectivity index (χ4v) is 3.71. The second kappa shape index (κ2) is 9.97. The lowest BCUT2D eigenvalue weighted by Crippen LogP contribution is -2.42. The van der Waals surface area contributed by atoms with Gasteiger partial charge in [-0.25, -0.2) is 4.39 Å². The summed E-state index contributed by atoms with van der Waals surface area (Å²) in [5, 5.41) is 7.45. The third-order valence-corrected chi connectivity index (χ3v) is 5.60. The van der Waals surface area contributed by atoms with Gasteiger partial charge in [-0.2, -0.15) is 11.8 Å². The fraction of sp³-hybridized carbons (Fsp3) is 0.533. The van der Waals surface area contributed by atoms with Crippen molar-refractivity contribution in [3.05, 3.63) is 34.1 Å². The van der Waals surface area contributed by atoms with Crippen molar-refractivity contribution in [2.24, 2.45) is 4.99 Å². The fourth-order valence-electron chi connectivity index (χ4n) is 2.53. The largest absolute Gasteiger partial charge is 0.354 e. The first kappa shape index (κ1) is 20.0. The maximum absolute atomic E-state index is 13.3. The van der Waals surface area contributed by atoms with Crippen molar-refractivity contribution < 1.29 is 4.39 Å². The zero-order valence-electron chi connectivity index (χ0n) is 12.7. The van der Waals surface area contributed by atoms with Crippen molar-refractivity contribution in [1.29, 1.82) is 0 Å². The second-order valence-electron chi connectivity index (χ2n) is 5.17. The van der Waals surface area contributed by atoms with Gasteiger partial charge >= 0.3 is 0 Å². The molecule has 1 saturated carbocycles. The van der Waals surface area contributed by atoms with Gasteiger partial charge in [0.05, 0.1) is 0 Å². The van der Waals surface area contributed by atoms with Crippen LogP contribution in [-0.2, 0) is 6.54 Å². The number of hydrogen-bond donors (Lipinski definition) is 2. The van der Waals surface area contributed by atoms with Crippen molar-refractivity contribution >= 4 is 57.6 Å². The molecule has 2 N–H and O–H groups in total. The topological polar surface area (TPSA) is 36.4 Å². The molecule has 0 heterocycles. The smallest absolute Gasteiger partial charge is 0.191 e. The average molecular weight is 502 g/mol. The van der Waals surface area contributed by atoms with Gasteiger partial charge < -0.3 is 10.6 Å². The number of benzene rings is 1. The highest BCUT2D eigenvalue weighted by atomic mass is 127. The molecule has 2 unspecified atom stereocenters. The summed E-state index contributed by atoms with van der Waals surface area (Å²) in [5.41, 5.74) is 0.881. The summed E-state index contributed by atoms with van der Waals surface area (Å²) in [6.45, 7) is 0.538. The van der Waals surface area contributed by atoms with Crippen molar-refractivity contribution in [3.63, 3.8) is 0 Å². The van der Waals surface area contributed by atoms with Crippen LogP contribution in [0.5, 0.6) is 0 Å². The molecule has 2 rings (SSSR count). The number of nitrogens with zero attached hydrogens (tertiary/aromatic N) is 1. The van der Waals surface area contributed by atoms with E-state index in [1.54, 1.807) is 13.1 Å². The summed E-state index contributed by atoms with van der Waals surface area (Å²) in [5.74, 6) is 0.550. The van der Waals surface area contributed by atoms with E-state index in [9.17, 15) is 4.39 Å². The molecule has 22 heavy (non-hydrogen) atoms. The van der Waals surface area contributed by atoms with E-state index in [2.05, 4.69) is 37.8 Å². The highest BCUT2D eigenvalue weighted by Crippen LogP contribution is 2.28. The highest BCUT2D eigenvalue weighted by Gasteiger charge is 2.24. The Bertz CT molecular complexity index is 516. The summed E-state index contributed by atoms with van der Waals surface area (Å²) in [6, 6.07) is 5.18. The van der Waals surface area contributed by atoms with Crippen LogP contribution in [0.4, 0.5) is 4.39 Å². The van der Waals surface area contributed by atoms with E-state index < -0.39 is 0 Å². The Balaban J connectivity index is 0.00000242. The number of rotatable bonds is 4. The third-order valence-electron chi connectivity index (χ3n) is 3.74. The SMILES string of the molecule is CN=C(NCc1cc(F)ccc1Br)NC1CCC(SC)C1.I. The van der Waals surface area contributed by atoms with Crippen LogP contribution in [0.1, 0.15) is 24.8 Å². The molecule has 7 heteroatoms. The van der Waals surface area contributed by atoms with Gasteiger partial charge in [0.25, 0.3) is 0 Å². The van der Waals surface area contributed by atoms with E-state index in [1.807, 2.05) is 11.8 Å². The molecule has 0 aromatic heterocycles. The molecule has 1 aliphatic rings. The zero-order valence-corrected chi connectivity index (χ0v) is 17.5. The van der Waals surface area contributed by atoms with E-state index in [0.717, 1.165) is 21.2 Å². The van der Waals surface area contributed by atoms with Gasteiger partial charge in [-0.05, 0) is 49.3 Å². The standard InChI is InChI=1S/C15H21BrFN3S.HI/c1-18-15(20-12-4-5-13(8-12)21-2)19-9-10-7-11(17)3-6-14(10)16;/h3,6-7,12-13H,4-5,8-9H2,1-2H3,(H2,18,19,20);1H. The number of nitrogens with one attached hydrogen (secondary N) is 2. The van der Waals surface area contributed by atoms with E-state index in [0.29, 0.717) is 12.6 Å². The minimum atomic E-state index is -0.225. The summed E-state index contributed by atoms with van der Waals surface area (Å²) < 4.78 is 14.2. The molecule has 2 atom stereocenters. The quantitative estimate of drug-likeness (QED) is 0.369. The Kier molecular flexibility index (Phi) is 9.08. The van der Waals surface area contributed by atoms with Crippen LogP contribution in [0.3, 0.4) is 0 Å². The van der Waals surface area contributed by atoms with Crippen LogP contribution in [0.2, 0.25) is 0 Å². The van der Waals surface area contributed by atoms with Crippen molar-refractivity contribution in [2.75, 3.05) is 13.3 Å². The first-order valence-corrected chi connectivity index (χ1v) is 9.14. The van der Waals surface area contributed by atoms with Gasteiger partial charge in [0.15, 0.2) is 5.96 Å². The maximum atomic E-state index is 13.3. The maximum Gasteiger partial charge on any atom is 0.191 e. The van der Waals surface area contributed by atoms with Gasteiger partial charge in [-0.1, -0.05) is 15.9 Å². The summed E-state index contributed by atoms with van der Waals surface area (Å²) in [6.07, 6.45) is 5.77. The minimum Gasteiger partial charge on any atom is -0.354 e. The van der Waals surface area contributed by atoms with Gasteiger partial charge in [0.1, 0.15) is 5.82 Å². The van der Waals surface area contributed by atoms with Crippen LogP contribution < -0.4 is 10.6 Å². The van der Waals surface area contributed by atoms with Crippen LogP contribution in [0, 0.1) is 5.82 Å². The molecule has 0 radical (unpaired) electrons. The molecule has 0 bridgehead atoms. The zero-order chi connectivity index (χ0) is 15.2. The molecular formula is C15H22BrFIN3S. The van der Waals surface area contributed by atoms with E-state index >= 15 is 0 Å². The monoisotopic (exact) mass is 501 g/mol. The number of halogens is 3. The summed E-state index contributed by atoms with van der Waals surface area (Å²) >= 11 is 5.37. The average Bonchev–Trinajstić information content (AvgIpc) is 2.94. The van der Waals surface area contributed by atoms with Crippen molar-refractivity contribution in [1.82, 2.24) is 10.6 Å². The Morgan fingerprint density at radius 2 is 2.23 bits per heavy atom. The molecule has 3 nitrogen and oxygen atoms in total. The van der Waals surface area contributed by atoms with Gasteiger partial charge in [0, 0.05) is 29.4 Å². The Hall–Kier alpha value is -0.0200. The van der Waals surface area contributed by atoms with Crippen molar-refractivity contribution in [2.45, 2.75) is 37.1 Å².